The number of nitrogens with zero attached hydrogens (tertiary/aromatic N) is 1. The van der Waals surface area contributed by atoms with Gasteiger partial charge in [0.1, 0.15) is 12.0 Å². The highest BCUT2D eigenvalue weighted by Crippen LogP contribution is 2.43. The summed E-state index contributed by atoms with van der Waals surface area (Å²) in [7, 11) is 4.70. The van der Waals surface area contributed by atoms with Gasteiger partial charge in [0.15, 0.2) is 29.7 Å². The molecule has 0 amide bonds. The first kappa shape index (κ1) is 17.0. The predicted octanol–water partition coefficient (Wildman–Crippen LogP) is 3.27. The van der Waals surface area contributed by atoms with Gasteiger partial charge in [-0.2, -0.15) is 0 Å². The molecular formula is C19H18N2O6. The molecule has 8 heteroatoms. The van der Waals surface area contributed by atoms with E-state index >= 15 is 0 Å². The first-order valence-corrected chi connectivity index (χ1v) is 8.17. The van der Waals surface area contributed by atoms with Gasteiger partial charge >= 0.3 is 0 Å². The molecule has 0 saturated carbocycles. The zero-order valence-electron chi connectivity index (χ0n) is 15.1. The normalized spacial score (nSPS) is 12.6. The van der Waals surface area contributed by atoms with E-state index in [4.69, 9.17) is 28.3 Å². The van der Waals surface area contributed by atoms with E-state index in [1.165, 1.54) is 0 Å². The molecule has 1 aliphatic rings. The van der Waals surface area contributed by atoms with Crippen molar-refractivity contribution in [1.29, 1.82) is 0 Å². The lowest BCUT2D eigenvalue weighted by atomic mass is 10.0. The Bertz CT molecular complexity index is 944. The van der Waals surface area contributed by atoms with Gasteiger partial charge in [-0.05, 0) is 29.8 Å². The van der Waals surface area contributed by atoms with Gasteiger partial charge in [0.2, 0.25) is 5.75 Å². The second kappa shape index (κ2) is 7.08. The number of fused-ring (bicyclic) bond motifs is 1. The number of methoxy groups -OCH3 is 3. The number of rotatable bonds is 5. The van der Waals surface area contributed by atoms with Crippen molar-refractivity contribution >= 4 is 0 Å². The Morgan fingerprint density at radius 2 is 1.70 bits per heavy atom. The van der Waals surface area contributed by atoms with Gasteiger partial charge in [-0.15, -0.1) is 5.48 Å². The molecule has 0 saturated heterocycles. The third-order valence-electron chi connectivity index (χ3n) is 4.23. The van der Waals surface area contributed by atoms with E-state index < -0.39 is 0 Å². The Morgan fingerprint density at radius 3 is 2.41 bits per heavy atom. The van der Waals surface area contributed by atoms with Crippen LogP contribution in [0.4, 0.5) is 0 Å². The van der Waals surface area contributed by atoms with Crippen LogP contribution in [0.5, 0.6) is 28.7 Å². The van der Waals surface area contributed by atoms with E-state index in [0.717, 1.165) is 16.7 Å². The molecule has 0 unspecified atom stereocenters. The number of hydrogen-bond donors (Lipinski definition) is 1. The van der Waals surface area contributed by atoms with Crippen LogP contribution in [0.25, 0.3) is 22.4 Å². The Labute approximate surface area is 155 Å². The number of nitrogens with one attached hydrogen (secondary N) is 1. The van der Waals surface area contributed by atoms with Crippen molar-refractivity contribution in [3.05, 3.63) is 36.6 Å². The summed E-state index contributed by atoms with van der Waals surface area (Å²) in [5.41, 5.74) is 5.77. The largest absolute Gasteiger partial charge is 0.493 e. The maximum atomic E-state index is 5.57. The van der Waals surface area contributed by atoms with Gasteiger partial charge in [-0.3, -0.25) is 0 Å². The smallest absolute Gasteiger partial charge is 0.203 e. The lowest BCUT2D eigenvalue weighted by molar-refractivity contribution is 0.0767. The molecule has 0 aliphatic carbocycles. The molecule has 0 atom stereocenters. The van der Waals surface area contributed by atoms with E-state index in [-0.39, 0.29) is 6.73 Å². The molecule has 4 rings (SSSR count). The van der Waals surface area contributed by atoms with Gasteiger partial charge in [-0.25, -0.2) is 0 Å². The summed E-state index contributed by atoms with van der Waals surface area (Å²) in [6.45, 7) is 0.278. The molecule has 3 aromatic rings. The summed E-state index contributed by atoms with van der Waals surface area (Å²) in [6, 6.07) is 9.26. The van der Waals surface area contributed by atoms with Crippen molar-refractivity contribution < 1.29 is 28.3 Å². The fourth-order valence-electron chi connectivity index (χ4n) is 2.95. The van der Waals surface area contributed by atoms with Crippen LogP contribution < -0.4 is 29.3 Å². The van der Waals surface area contributed by atoms with Gasteiger partial charge < -0.3 is 28.3 Å². The SMILES string of the molecule is COc1cc(-c2nocc2-c2ccc3c(c2)OCNO3)cc(OC)c1OC. The van der Waals surface area contributed by atoms with Crippen LogP contribution in [0.3, 0.4) is 0 Å². The average Bonchev–Trinajstić information content (AvgIpc) is 3.22. The molecule has 0 fully saturated rings. The maximum Gasteiger partial charge on any atom is 0.203 e. The quantitative estimate of drug-likeness (QED) is 0.733. The summed E-state index contributed by atoms with van der Waals surface area (Å²) in [4.78, 5) is 5.34. The molecule has 2 heterocycles. The molecular weight excluding hydrogens is 352 g/mol. The molecule has 0 radical (unpaired) electrons. The molecule has 2 aromatic carbocycles. The van der Waals surface area contributed by atoms with E-state index in [2.05, 4.69) is 10.6 Å². The van der Waals surface area contributed by atoms with E-state index in [1.54, 1.807) is 27.6 Å². The maximum absolute atomic E-state index is 5.57. The fourth-order valence-corrected chi connectivity index (χ4v) is 2.95. The lowest BCUT2D eigenvalue weighted by Crippen LogP contribution is -2.28. The fraction of sp³-hybridized carbons (Fsp3) is 0.211. The highest BCUT2D eigenvalue weighted by molar-refractivity contribution is 5.83. The second-order valence-corrected chi connectivity index (χ2v) is 5.69. The van der Waals surface area contributed by atoms with Gasteiger partial charge in [0.05, 0.1) is 21.3 Å². The Kier molecular flexibility index (Phi) is 4.47. The van der Waals surface area contributed by atoms with Crippen molar-refractivity contribution in [1.82, 2.24) is 10.6 Å². The minimum absolute atomic E-state index is 0.278. The topological polar surface area (TPSA) is 84.2 Å². The number of aromatic nitrogens is 1. The molecule has 1 aromatic heterocycles. The second-order valence-electron chi connectivity index (χ2n) is 5.69. The van der Waals surface area contributed by atoms with Crippen LogP contribution in [-0.2, 0) is 0 Å². The van der Waals surface area contributed by atoms with Crippen LogP contribution in [0.2, 0.25) is 0 Å². The minimum atomic E-state index is 0.278. The van der Waals surface area contributed by atoms with Crippen molar-refractivity contribution in [2.45, 2.75) is 0 Å². The molecule has 1 aliphatic heterocycles. The molecule has 140 valence electrons. The summed E-state index contributed by atoms with van der Waals surface area (Å²) in [5.74, 6) is 2.85. The predicted molar refractivity (Wildman–Crippen MR) is 96.3 cm³/mol. The summed E-state index contributed by atoms with van der Waals surface area (Å²) in [5, 5.41) is 4.17. The summed E-state index contributed by atoms with van der Waals surface area (Å²) >= 11 is 0. The van der Waals surface area contributed by atoms with E-state index in [0.29, 0.717) is 34.4 Å². The third kappa shape index (κ3) is 3.00. The van der Waals surface area contributed by atoms with Crippen molar-refractivity contribution in [3.8, 4) is 51.1 Å². The highest BCUT2D eigenvalue weighted by atomic mass is 16.7. The van der Waals surface area contributed by atoms with Crippen LogP contribution in [0.1, 0.15) is 0 Å². The van der Waals surface area contributed by atoms with Crippen molar-refractivity contribution in [2.24, 2.45) is 0 Å². The molecule has 8 nitrogen and oxygen atoms in total. The lowest BCUT2D eigenvalue weighted by Gasteiger charge is -2.19. The zero-order chi connectivity index (χ0) is 18.8. The standard InChI is InChI=1S/C19H18N2O6/c1-22-16-7-12(8-17(23-2)19(16)24-3)18-13(9-26-21-18)11-4-5-14-15(6-11)25-10-20-27-14/h4-9,20H,10H2,1-3H3. The Hall–Kier alpha value is -3.39. The van der Waals surface area contributed by atoms with Gasteiger partial charge in [0.25, 0.3) is 0 Å². The molecule has 0 spiro atoms. The Balaban J connectivity index is 1.81. The average molecular weight is 370 g/mol. The highest BCUT2D eigenvalue weighted by Gasteiger charge is 2.20. The zero-order valence-corrected chi connectivity index (χ0v) is 15.1. The molecule has 0 bridgehead atoms. The van der Waals surface area contributed by atoms with E-state index in [1.807, 2.05) is 30.3 Å². The summed E-state index contributed by atoms with van der Waals surface area (Å²) < 4.78 is 27.1. The number of ether oxygens (including phenoxy) is 4. The van der Waals surface area contributed by atoms with Crippen LogP contribution in [-0.4, -0.2) is 33.2 Å². The minimum Gasteiger partial charge on any atom is -0.493 e. The number of benzene rings is 2. The summed E-state index contributed by atoms with van der Waals surface area (Å²) in [6.07, 6.45) is 1.59. The van der Waals surface area contributed by atoms with Gasteiger partial charge in [-0.1, -0.05) is 11.2 Å². The third-order valence-corrected chi connectivity index (χ3v) is 4.23. The van der Waals surface area contributed by atoms with E-state index in [9.17, 15) is 0 Å². The van der Waals surface area contributed by atoms with Gasteiger partial charge in [0, 0.05) is 11.1 Å². The molecule has 1 N–H and O–H groups in total. The van der Waals surface area contributed by atoms with Crippen molar-refractivity contribution in [2.75, 3.05) is 28.1 Å². The first-order chi connectivity index (χ1) is 13.2. The van der Waals surface area contributed by atoms with Crippen LogP contribution >= 0.6 is 0 Å². The number of hydroxylamine groups is 1. The number of hydrogen-bond acceptors (Lipinski definition) is 8. The van der Waals surface area contributed by atoms with Crippen molar-refractivity contribution in [3.63, 3.8) is 0 Å². The van der Waals surface area contributed by atoms with Crippen LogP contribution in [0.15, 0.2) is 41.1 Å². The first-order valence-electron chi connectivity index (χ1n) is 8.17. The monoisotopic (exact) mass is 370 g/mol. The molecule has 27 heavy (non-hydrogen) atoms. The Morgan fingerprint density at radius 1 is 0.926 bits per heavy atom. The van der Waals surface area contributed by atoms with Crippen LogP contribution in [0, 0.1) is 0 Å².